The summed E-state index contributed by atoms with van der Waals surface area (Å²) in [6, 6.07) is 0.668. The van der Waals surface area contributed by atoms with Crippen LogP contribution in [0.5, 0.6) is 0 Å². The maximum Gasteiger partial charge on any atom is 0.318 e. The van der Waals surface area contributed by atoms with Crippen LogP contribution in [0.15, 0.2) is 4.42 Å². The fourth-order valence-electron chi connectivity index (χ4n) is 2.65. The van der Waals surface area contributed by atoms with Gasteiger partial charge in [-0.3, -0.25) is 4.79 Å². The number of nitrogens with two attached hydrogens (primary N) is 1. The van der Waals surface area contributed by atoms with Crippen molar-refractivity contribution in [1.82, 2.24) is 15.5 Å². The molecule has 1 unspecified atom stereocenters. The molecule has 1 aliphatic rings. The van der Waals surface area contributed by atoms with Crippen molar-refractivity contribution in [3.63, 3.8) is 0 Å². The standard InChI is InChI=1S/C13H23N5O2/c1-3-15-9(2)12-16-17-13(20-12)18(8-11(14)19)10-6-4-5-7-10/h9-10,15H,3-8H2,1-2H3,(H2,14,19). The molecule has 2 rings (SSSR count). The van der Waals surface area contributed by atoms with E-state index in [-0.39, 0.29) is 24.5 Å². The molecule has 1 aromatic rings. The van der Waals surface area contributed by atoms with Gasteiger partial charge >= 0.3 is 6.01 Å². The van der Waals surface area contributed by atoms with Crippen LogP contribution in [0.4, 0.5) is 6.01 Å². The Morgan fingerprint density at radius 3 is 2.80 bits per heavy atom. The topological polar surface area (TPSA) is 97.3 Å². The maximum absolute atomic E-state index is 11.3. The van der Waals surface area contributed by atoms with E-state index in [0.29, 0.717) is 11.9 Å². The third kappa shape index (κ3) is 3.47. The van der Waals surface area contributed by atoms with Crippen LogP contribution in [0.2, 0.25) is 0 Å². The normalized spacial score (nSPS) is 17.3. The lowest BCUT2D eigenvalue weighted by atomic mass is 10.2. The zero-order chi connectivity index (χ0) is 14.5. The molecular weight excluding hydrogens is 258 g/mol. The van der Waals surface area contributed by atoms with Crippen LogP contribution in [0, 0.1) is 0 Å². The number of hydrogen-bond donors (Lipinski definition) is 2. The molecule has 1 amide bonds. The van der Waals surface area contributed by atoms with Crippen LogP contribution in [0.1, 0.15) is 51.5 Å². The van der Waals surface area contributed by atoms with Gasteiger partial charge in [-0.1, -0.05) is 24.9 Å². The monoisotopic (exact) mass is 281 g/mol. The molecule has 112 valence electrons. The fraction of sp³-hybridized carbons (Fsp3) is 0.769. The van der Waals surface area contributed by atoms with Crippen LogP contribution in [0.3, 0.4) is 0 Å². The Hall–Kier alpha value is -1.63. The van der Waals surface area contributed by atoms with Crippen molar-refractivity contribution in [3.8, 4) is 0 Å². The smallest absolute Gasteiger partial charge is 0.318 e. The molecule has 7 nitrogen and oxygen atoms in total. The second-order valence-corrected chi connectivity index (χ2v) is 5.23. The molecule has 3 N–H and O–H groups in total. The molecule has 1 heterocycles. The van der Waals surface area contributed by atoms with Gasteiger partial charge in [0.25, 0.3) is 0 Å². The molecule has 1 fully saturated rings. The van der Waals surface area contributed by atoms with E-state index in [0.717, 1.165) is 32.2 Å². The number of carbonyl (C=O) groups excluding carboxylic acids is 1. The van der Waals surface area contributed by atoms with E-state index in [9.17, 15) is 4.79 Å². The van der Waals surface area contributed by atoms with Crippen molar-refractivity contribution < 1.29 is 9.21 Å². The van der Waals surface area contributed by atoms with Gasteiger partial charge in [0.05, 0.1) is 6.04 Å². The van der Waals surface area contributed by atoms with Crippen LogP contribution in [-0.4, -0.2) is 35.2 Å². The number of rotatable bonds is 7. The molecule has 0 aliphatic heterocycles. The molecule has 0 saturated heterocycles. The van der Waals surface area contributed by atoms with Gasteiger partial charge in [-0.15, -0.1) is 5.10 Å². The van der Waals surface area contributed by atoms with Crippen molar-refractivity contribution in [2.45, 2.75) is 51.6 Å². The Kier molecular flexibility index (Phi) is 4.94. The highest BCUT2D eigenvalue weighted by Crippen LogP contribution is 2.28. The molecule has 0 aromatic carbocycles. The third-order valence-corrected chi connectivity index (χ3v) is 3.65. The molecule has 1 aliphatic carbocycles. The summed E-state index contributed by atoms with van der Waals surface area (Å²) < 4.78 is 5.71. The quantitative estimate of drug-likeness (QED) is 0.773. The SMILES string of the molecule is CCNC(C)c1nnc(N(CC(N)=O)C2CCCC2)o1. The average molecular weight is 281 g/mol. The second kappa shape index (κ2) is 6.69. The van der Waals surface area contributed by atoms with E-state index < -0.39 is 0 Å². The lowest BCUT2D eigenvalue weighted by molar-refractivity contribution is -0.116. The molecule has 1 saturated carbocycles. The highest BCUT2D eigenvalue weighted by molar-refractivity contribution is 5.78. The molecule has 1 aromatic heterocycles. The first-order chi connectivity index (χ1) is 9.61. The van der Waals surface area contributed by atoms with Crippen LogP contribution >= 0.6 is 0 Å². The second-order valence-electron chi connectivity index (χ2n) is 5.23. The summed E-state index contributed by atoms with van der Waals surface area (Å²) in [5.41, 5.74) is 5.33. The van der Waals surface area contributed by atoms with Crippen LogP contribution < -0.4 is 16.0 Å². The lowest BCUT2D eigenvalue weighted by Crippen LogP contribution is -2.40. The molecule has 7 heteroatoms. The van der Waals surface area contributed by atoms with Gasteiger partial charge in [0.1, 0.15) is 6.54 Å². The summed E-state index contributed by atoms with van der Waals surface area (Å²) in [7, 11) is 0. The van der Waals surface area contributed by atoms with Crippen LogP contribution in [0.25, 0.3) is 0 Å². The summed E-state index contributed by atoms with van der Waals surface area (Å²) in [6.45, 7) is 4.94. The Balaban J connectivity index is 2.13. The predicted molar refractivity (Wildman–Crippen MR) is 75.2 cm³/mol. The van der Waals surface area contributed by atoms with Gasteiger partial charge in [-0.05, 0) is 26.3 Å². The molecular formula is C13H23N5O2. The van der Waals surface area contributed by atoms with Gasteiger partial charge in [0, 0.05) is 6.04 Å². The maximum atomic E-state index is 11.3. The number of primary amides is 1. The van der Waals surface area contributed by atoms with E-state index in [4.69, 9.17) is 10.2 Å². The molecule has 1 atom stereocenters. The first kappa shape index (κ1) is 14.8. The average Bonchev–Trinajstić information content (AvgIpc) is 3.08. The number of amides is 1. The lowest BCUT2D eigenvalue weighted by Gasteiger charge is -2.25. The third-order valence-electron chi connectivity index (χ3n) is 3.65. The number of aromatic nitrogens is 2. The van der Waals surface area contributed by atoms with E-state index in [1.165, 1.54) is 0 Å². The highest BCUT2D eigenvalue weighted by Gasteiger charge is 2.28. The number of anilines is 1. The Morgan fingerprint density at radius 1 is 1.50 bits per heavy atom. The predicted octanol–water partition coefficient (Wildman–Crippen LogP) is 0.974. The zero-order valence-electron chi connectivity index (χ0n) is 12.1. The minimum absolute atomic E-state index is 0.000237. The number of carbonyl (C=O) groups is 1. The molecule has 20 heavy (non-hydrogen) atoms. The van der Waals surface area contributed by atoms with Crippen molar-refractivity contribution in [1.29, 1.82) is 0 Å². The van der Waals surface area contributed by atoms with E-state index >= 15 is 0 Å². The summed E-state index contributed by atoms with van der Waals surface area (Å²) in [5, 5.41) is 11.4. The summed E-state index contributed by atoms with van der Waals surface area (Å²) in [5.74, 6) is 0.158. The Morgan fingerprint density at radius 2 is 2.20 bits per heavy atom. The Bertz CT molecular complexity index is 442. The first-order valence-electron chi connectivity index (χ1n) is 7.23. The fourth-order valence-corrected chi connectivity index (χ4v) is 2.65. The van der Waals surface area contributed by atoms with E-state index in [1.807, 2.05) is 18.7 Å². The number of hydrogen-bond acceptors (Lipinski definition) is 6. The highest BCUT2D eigenvalue weighted by atomic mass is 16.4. The van der Waals surface area contributed by atoms with Crippen molar-refractivity contribution in [2.75, 3.05) is 18.0 Å². The largest absolute Gasteiger partial charge is 0.406 e. The molecule has 0 bridgehead atoms. The minimum atomic E-state index is -0.378. The summed E-state index contributed by atoms with van der Waals surface area (Å²) in [4.78, 5) is 13.1. The van der Waals surface area contributed by atoms with Crippen LogP contribution in [-0.2, 0) is 4.79 Å². The first-order valence-corrected chi connectivity index (χ1v) is 7.23. The molecule has 0 radical (unpaired) electrons. The minimum Gasteiger partial charge on any atom is -0.406 e. The van der Waals surface area contributed by atoms with E-state index in [2.05, 4.69) is 15.5 Å². The van der Waals surface area contributed by atoms with Gasteiger partial charge < -0.3 is 20.4 Å². The van der Waals surface area contributed by atoms with Crippen molar-refractivity contribution in [3.05, 3.63) is 5.89 Å². The zero-order valence-corrected chi connectivity index (χ0v) is 12.1. The Labute approximate surface area is 118 Å². The molecule has 0 spiro atoms. The number of nitrogens with zero attached hydrogens (tertiary/aromatic N) is 3. The van der Waals surface area contributed by atoms with Crippen molar-refractivity contribution in [2.24, 2.45) is 5.73 Å². The van der Waals surface area contributed by atoms with Crippen molar-refractivity contribution >= 4 is 11.9 Å². The summed E-state index contributed by atoms with van der Waals surface area (Å²) >= 11 is 0. The summed E-state index contributed by atoms with van der Waals surface area (Å²) in [6.07, 6.45) is 4.39. The number of nitrogens with one attached hydrogen (secondary N) is 1. The van der Waals surface area contributed by atoms with Gasteiger partial charge in [0.15, 0.2) is 0 Å². The van der Waals surface area contributed by atoms with Gasteiger partial charge in [-0.25, -0.2) is 0 Å². The van der Waals surface area contributed by atoms with Gasteiger partial charge in [0.2, 0.25) is 11.8 Å². The van der Waals surface area contributed by atoms with E-state index in [1.54, 1.807) is 0 Å². The van der Waals surface area contributed by atoms with Gasteiger partial charge in [-0.2, -0.15) is 0 Å².